The number of nitro groups is 1. The van der Waals surface area contributed by atoms with Crippen molar-refractivity contribution in [3.63, 3.8) is 0 Å². The highest BCUT2D eigenvalue weighted by atomic mass is 16.6. The zero-order chi connectivity index (χ0) is 19.8. The summed E-state index contributed by atoms with van der Waals surface area (Å²) in [6.45, 7) is 1.38. The summed E-state index contributed by atoms with van der Waals surface area (Å²) in [7, 11) is 0. The average Bonchev–Trinajstić information content (AvgIpc) is 2.66. The Labute approximate surface area is 156 Å². The third kappa shape index (κ3) is 6.36. The molecule has 0 bridgehead atoms. The molecule has 1 fully saturated rings. The van der Waals surface area contributed by atoms with Crippen molar-refractivity contribution in [2.75, 3.05) is 19.6 Å². The van der Waals surface area contributed by atoms with Crippen molar-refractivity contribution in [1.29, 1.82) is 0 Å². The van der Waals surface area contributed by atoms with E-state index in [9.17, 15) is 24.5 Å². The van der Waals surface area contributed by atoms with E-state index in [4.69, 9.17) is 5.11 Å². The van der Waals surface area contributed by atoms with Gasteiger partial charge in [0.2, 0.25) is 5.91 Å². The maximum Gasteiger partial charge on any atom is 0.303 e. The fourth-order valence-electron chi connectivity index (χ4n) is 3.13. The molecule has 0 saturated carbocycles. The second kappa shape index (κ2) is 9.65. The molecule has 0 aromatic heterocycles. The lowest BCUT2D eigenvalue weighted by Crippen LogP contribution is -2.41. The minimum Gasteiger partial charge on any atom is -0.481 e. The average molecular weight is 377 g/mol. The van der Waals surface area contributed by atoms with E-state index in [1.165, 1.54) is 24.3 Å². The van der Waals surface area contributed by atoms with Crippen molar-refractivity contribution in [2.24, 2.45) is 5.92 Å². The van der Waals surface area contributed by atoms with E-state index in [2.05, 4.69) is 5.32 Å². The highest BCUT2D eigenvalue weighted by molar-refractivity contribution is 5.94. The van der Waals surface area contributed by atoms with Gasteiger partial charge < -0.3 is 15.3 Å². The predicted molar refractivity (Wildman–Crippen MR) is 96.2 cm³/mol. The molecule has 0 radical (unpaired) electrons. The van der Waals surface area contributed by atoms with Crippen molar-refractivity contribution < 1.29 is 24.4 Å². The Bertz CT molecular complexity index is 704. The second-order valence-electron chi connectivity index (χ2n) is 6.59. The molecule has 1 saturated heterocycles. The molecular weight excluding hydrogens is 354 g/mol. The van der Waals surface area contributed by atoms with E-state index >= 15 is 0 Å². The summed E-state index contributed by atoms with van der Waals surface area (Å²) in [6.07, 6.45) is 2.61. The van der Waals surface area contributed by atoms with Crippen LogP contribution in [0.2, 0.25) is 0 Å². The first-order valence-corrected chi connectivity index (χ1v) is 8.89. The monoisotopic (exact) mass is 377 g/mol. The lowest BCUT2D eigenvalue weighted by Gasteiger charge is -2.32. The van der Waals surface area contributed by atoms with Gasteiger partial charge in [0.05, 0.1) is 4.92 Å². The standard InChI is InChI=1S/C18H23N3O6/c22-16(20-11-1-2-13(12-20)3-8-17(23)24)9-10-19-18(25)14-4-6-15(7-5-14)21(26)27/h4-7,13H,1-3,8-12H2,(H,19,25)(H,23,24). The zero-order valence-electron chi connectivity index (χ0n) is 14.9. The first kappa shape index (κ1) is 20.3. The minimum absolute atomic E-state index is 0.0703. The van der Waals surface area contributed by atoms with Crippen LogP contribution in [0.4, 0.5) is 5.69 Å². The number of carbonyl (C=O) groups is 3. The third-order valence-corrected chi connectivity index (χ3v) is 4.60. The Morgan fingerprint density at radius 2 is 1.93 bits per heavy atom. The number of likely N-dealkylation sites (tertiary alicyclic amines) is 1. The number of hydrogen-bond donors (Lipinski definition) is 2. The minimum atomic E-state index is -0.826. The first-order valence-electron chi connectivity index (χ1n) is 8.89. The molecule has 1 aliphatic heterocycles. The summed E-state index contributed by atoms with van der Waals surface area (Å²) >= 11 is 0. The number of aliphatic carboxylic acids is 1. The van der Waals surface area contributed by atoms with E-state index in [0.717, 1.165) is 12.8 Å². The van der Waals surface area contributed by atoms with E-state index in [1.807, 2.05) is 0 Å². The van der Waals surface area contributed by atoms with Crippen LogP contribution in [0.15, 0.2) is 24.3 Å². The van der Waals surface area contributed by atoms with Crippen LogP contribution in [0, 0.1) is 16.0 Å². The van der Waals surface area contributed by atoms with Crippen molar-refractivity contribution in [2.45, 2.75) is 32.1 Å². The molecule has 9 nitrogen and oxygen atoms in total. The Morgan fingerprint density at radius 1 is 1.22 bits per heavy atom. The molecule has 1 aliphatic rings. The van der Waals surface area contributed by atoms with Gasteiger partial charge in [-0.15, -0.1) is 0 Å². The summed E-state index contributed by atoms with van der Waals surface area (Å²) < 4.78 is 0. The number of nitro benzene ring substituents is 1. The summed E-state index contributed by atoms with van der Waals surface area (Å²) in [4.78, 5) is 46.8. The molecule has 1 aromatic rings. The number of carboxylic acids is 1. The maximum atomic E-state index is 12.3. The number of non-ortho nitro benzene ring substituents is 1. The smallest absolute Gasteiger partial charge is 0.303 e. The van der Waals surface area contributed by atoms with Crippen LogP contribution in [0.1, 0.15) is 42.5 Å². The molecule has 2 amide bonds. The lowest BCUT2D eigenvalue weighted by molar-refractivity contribution is -0.384. The first-order chi connectivity index (χ1) is 12.9. The zero-order valence-corrected chi connectivity index (χ0v) is 14.9. The number of amides is 2. The van der Waals surface area contributed by atoms with Crippen molar-refractivity contribution in [3.8, 4) is 0 Å². The Balaban J connectivity index is 1.75. The van der Waals surface area contributed by atoms with Crippen molar-refractivity contribution >= 4 is 23.5 Å². The summed E-state index contributed by atoms with van der Waals surface area (Å²) in [5.74, 6) is -1.09. The molecular formula is C18H23N3O6. The van der Waals surface area contributed by atoms with Crippen LogP contribution in [0.25, 0.3) is 0 Å². The van der Waals surface area contributed by atoms with Gasteiger partial charge in [-0.05, 0) is 37.3 Å². The maximum absolute atomic E-state index is 12.3. The van der Waals surface area contributed by atoms with E-state index in [0.29, 0.717) is 25.1 Å². The number of carboxylic acid groups (broad SMARTS) is 1. The molecule has 27 heavy (non-hydrogen) atoms. The highest BCUT2D eigenvalue weighted by Gasteiger charge is 2.23. The van der Waals surface area contributed by atoms with Gasteiger partial charge in [0.1, 0.15) is 0 Å². The Morgan fingerprint density at radius 3 is 2.56 bits per heavy atom. The SMILES string of the molecule is O=C(O)CCC1CCCN(C(=O)CCNC(=O)c2ccc([N+](=O)[O-])cc2)C1. The quantitative estimate of drug-likeness (QED) is 0.525. The van der Waals surface area contributed by atoms with Gasteiger partial charge >= 0.3 is 5.97 Å². The van der Waals surface area contributed by atoms with Crippen LogP contribution >= 0.6 is 0 Å². The molecule has 2 N–H and O–H groups in total. The van der Waals surface area contributed by atoms with Crippen LogP contribution in [0.5, 0.6) is 0 Å². The fraction of sp³-hybridized carbons (Fsp3) is 0.500. The van der Waals surface area contributed by atoms with Gasteiger partial charge in [-0.2, -0.15) is 0 Å². The molecule has 1 heterocycles. The summed E-state index contributed by atoms with van der Waals surface area (Å²) in [5, 5.41) is 22.0. The van der Waals surface area contributed by atoms with Crippen LogP contribution in [0.3, 0.4) is 0 Å². The topological polar surface area (TPSA) is 130 Å². The third-order valence-electron chi connectivity index (χ3n) is 4.60. The largest absolute Gasteiger partial charge is 0.481 e. The Kier molecular flexibility index (Phi) is 7.27. The molecule has 2 rings (SSSR count). The second-order valence-corrected chi connectivity index (χ2v) is 6.59. The number of piperidine rings is 1. The van der Waals surface area contributed by atoms with Gasteiger partial charge in [0.25, 0.3) is 11.6 Å². The van der Waals surface area contributed by atoms with E-state index in [-0.39, 0.29) is 36.9 Å². The van der Waals surface area contributed by atoms with Gasteiger partial charge in [0, 0.05) is 50.2 Å². The number of nitrogens with zero attached hydrogens (tertiary/aromatic N) is 2. The highest BCUT2D eigenvalue weighted by Crippen LogP contribution is 2.21. The Hall–Kier alpha value is -2.97. The molecule has 1 aromatic carbocycles. The lowest BCUT2D eigenvalue weighted by atomic mass is 9.93. The van der Waals surface area contributed by atoms with Crippen LogP contribution in [-0.4, -0.2) is 52.3 Å². The normalized spacial score (nSPS) is 16.6. The predicted octanol–water partition coefficient (Wildman–Crippen LogP) is 1.82. The van der Waals surface area contributed by atoms with Gasteiger partial charge in [-0.3, -0.25) is 24.5 Å². The van der Waals surface area contributed by atoms with Crippen molar-refractivity contribution in [3.05, 3.63) is 39.9 Å². The molecule has 146 valence electrons. The molecule has 0 spiro atoms. The fourth-order valence-corrected chi connectivity index (χ4v) is 3.13. The summed E-state index contributed by atoms with van der Waals surface area (Å²) in [5.41, 5.74) is 0.198. The van der Waals surface area contributed by atoms with Crippen LogP contribution in [-0.2, 0) is 9.59 Å². The molecule has 0 aliphatic carbocycles. The molecule has 1 unspecified atom stereocenters. The number of benzene rings is 1. The number of hydrogen-bond acceptors (Lipinski definition) is 5. The van der Waals surface area contributed by atoms with E-state index in [1.54, 1.807) is 4.90 Å². The number of nitrogens with one attached hydrogen (secondary N) is 1. The van der Waals surface area contributed by atoms with Crippen LogP contribution < -0.4 is 5.32 Å². The number of rotatable bonds is 8. The molecule has 9 heteroatoms. The molecule has 1 atom stereocenters. The number of carbonyl (C=O) groups excluding carboxylic acids is 2. The van der Waals surface area contributed by atoms with Gasteiger partial charge in [0.15, 0.2) is 0 Å². The van der Waals surface area contributed by atoms with E-state index < -0.39 is 16.8 Å². The summed E-state index contributed by atoms with van der Waals surface area (Å²) in [6, 6.07) is 5.25. The van der Waals surface area contributed by atoms with Gasteiger partial charge in [-0.1, -0.05) is 0 Å². The van der Waals surface area contributed by atoms with Gasteiger partial charge in [-0.25, -0.2) is 0 Å². The van der Waals surface area contributed by atoms with Crippen molar-refractivity contribution in [1.82, 2.24) is 10.2 Å².